The fraction of sp³-hybridized carbons (Fsp3) is 0.533. The molecule has 0 aliphatic rings. The van der Waals surface area contributed by atoms with E-state index in [2.05, 4.69) is 43.2 Å². The topological polar surface area (TPSA) is 60.9 Å². The fourth-order valence-corrected chi connectivity index (χ4v) is 2.01. The number of H-pyrrole nitrogens is 1. The first-order chi connectivity index (χ1) is 9.33. The van der Waals surface area contributed by atoms with Crippen LogP contribution in [-0.2, 0) is 0 Å². The number of benzene rings is 1. The van der Waals surface area contributed by atoms with Crippen LogP contribution in [0, 0.1) is 11.9 Å². The van der Waals surface area contributed by atoms with Gasteiger partial charge in [-0.1, -0.05) is 26.0 Å². The predicted molar refractivity (Wildman–Crippen MR) is 77.9 cm³/mol. The minimum absolute atomic E-state index is 0.0934. The molecule has 2 aromatic rings. The molecular formula is C15H22FN3O. The molecule has 0 bridgehead atoms. The highest BCUT2D eigenvalue weighted by molar-refractivity contribution is 5.82. The van der Waals surface area contributed by atoms with E-state index < -0.39 is 12.1 Å². The molecule has 110 valence electrons. The normalized spacial score (nSPS) is 14.2. The van der Waals surface area contributed by atoms with Gasteiger partial charge in [0.05, 0.1) is 17.0 Å². The van der Waals surface area contributed by atoms with Gasteiger partial charge in [0.1, 0.15) is 0 Å². The number of halogens is 1. The van der Waals surface area contributed by atoms with Crippen LogP contribution >= 0.6 is 0 Å². The summed E-state index contributed by atoms with van der Waals surface area (Å²) in [4.78, 5) is 0. The molecule has 20 heavy (non-hydrogen) atoms. The Morgan fingerprint density at radius 2 is 2.10 bits per heavy atom. The van der Waals surface area contributed by atoms with Crippen molar-refractivity contribution in [3.05, 3.63) is 29.7 Å². The Labute approximate surface area is 118 Å². The Morgan fingerprint density at radius 1 is 1.40 bits per heavy atom. The summed E-state index contributed by atoms with van der Waals surface area (Å²) in [5, 5.41) is 20.2. The van der Waals surface area contributed by atoms with Crippen LogP contribution in [0.15, 0.2) is 18.2 Å². The zero-order valence-corrected chi connectivity index (χ0v) is 12.4. The number of aliphatic hydroxyl groups is 1. The van der Waals surface area contributed by atoms with Crippen molar-refractivity contribution < 1.29 is 9.50 Å². The summed E-state index contributed by atoms with van der Waals surface area (Å²) >= 11 is 0. The van der Waals surface area contributed by atoms with Crippen LogP contribution in [0.4, 0.5) is 4.39 Å². The first kappa shape index (κ1) is 14.9. The molecule has 0 aliphatic heterocycles. The van der Waals surface area contributed by atoms with Gasteiger partial charge in [0, 0.05) is 12.1 Å². The van der Waals surface area contributed by atoms with E-state index in [1.54, 1.807) is 18.2 Å². The molecule has 3 N–H and O–H groups in total. The number of aromatic nitrogens is 2. The minimum Gasteiger partial charge on any atom is -0.387 e. The Bertz CT molecular complexity index is 592. The molecule has 0 spiro atoms. The average Bonchev–Trinajstić information content (AvgIpc) is 2.78. The molecule has 0 saturated carbocycles. The summed E-state index contributed by atoms with van der Waals surface area (Å²) < 4.78 is 13.7. The summed E-state index contributed by atoms with van der Waals surface area (Å²) in [6.45, 7) is 8.79. The van der Waals surface area contributed by atoms with E-state index in [9.17, 15) is 9.50 Å². The van der Waals surface area contributed by atoms with Crippen LogP contribution in [0.3, 0.4) is 0 Å². The van der Waals surface area contributed by atoms with Gasteiger partial charge in [0.15, 0.2) is 0 Å². The van der Waals surface area contributed by atoms with Crippen molar-refractivity contribution >= 4 is 10.9 Å². The molecule has 0 radical (unpaired) electrons. The van der Waals surface area contributed by atoms with Crippen molar-refractivity contribution in [2.24, 2.45) is 5.92 Å². The number of β-amino-alcohol motifs (C(OH)–C–C–N with tert-alkyl or cyclic N) is 1. The van der Waals surface area contributed by atoms with E-state index in [0.29, 0.717) is 28.9 Å². The fourth-order valence-electron chi connectivity index (χ4n) is 2.01. The van der Waals surface area contributed by atoms with Gasteiger partial charge in [-0.3, -0.25) is 5.10 Å². The summed E-state index contributed by atoms with van der Waals surface area (Å²) in [5.41, 5.74) is 0.993. The van der Waals surface area contributed by atoms with Gasteiger partial charge >= 0.3 is 0 Å². The Balaban J connectivity index is 2.20. The molecule has 0 fully saturated rings. The zero-order chi connectivity index (χ0) is 14.9. The Kier molecular flexibility index (Phi) is 4.11. The maximum atomic E-state index is 13.7. The van der Waals surface area contributed by atoms with Crippen LogP contribution in [0.5, 0.6) is 0 Å². The smallest absolute Gasteiger partial charge is 0.217 e. The average molecular weight is 279 g/mol. The molecular weight excluding hydrogens is 257 g/mol. The van der Waals surface area contributed by atoms with Crippen molar-refractivity contribution in [2.75, 3.05) is 6.54 Å². The number of hydrogen-bond donors (Lipinski definition) is 3. The number of rotatable bonds is 5. The lowest BCUT2D eigenvalue weighted by Crippen LogP contribution is -2.45. The van der Waals surface area contributed by atoms with Crippen LogP contribution < -0.4 is 5.32 Å². The lowest BCUT2D eigenvalue weighted by Gasteiger charge is -2.32. The zero-order valence-electron chi connectivity index (χ0n) is 12.4. The summed E-state index contributed by atoms with van der Waals surface area (Å²) in [5.74, 6) is -0.0751. The monoisotopic (exact) mass is 279 g/mol. The van der Waals surface area contributed by atoms with Crippen molar-refractivity contribution in [3.63, 3.8) is 0 Å². The van der Waals surface area contributed by atoms with E-state index in [1.807, 2.05) is 0 Å². The first-order valence-electron chi connectivity index (χ1n) is 6.88. The maximum Gasteiger partial charge on any atom is 0.217 e. The minimum atomic E-state index is -0.774. The Hall–Kier alpha value is -1.46. The molecule has 1 heterocycles. The van der Waals surface area contributed by atoms with Gasteiger partial charge in [0.2, 0.25) is 5.95 Å². The van der Waals surface area contributed by atoms with Gasteiger partial charge in [-0.15, -0.1) is 0 Å². The molecule has 1 atom stereocenters. The number of hydrogen-bond acceptors (Lipinski definition) is 3. The first-order valence-corrected chi connectivity index (χ1v) is 6.88. The largest absolute Gasteiger partial charge is 0.387 e. The summed E-state index contributed by atoms with van der Waals surface area (Å²) in [7, 11) is 0. The quantitative estimate of drug-likeness (QED) is 0.788. The van der Waals surface area contributed by atoms with E-state index >= 15 is 0 Å². The van der Waals surface area contributed by atoms with Crippen molar-refractivity contribution in [1.29, 1.82) is 0 Å². The summed E-state index contributed by atoms with van der Waals surface area (Å²) in [6, 6.07) is 5.22. The summed E-state index contributed by atoms with van der Waals surface area (Å²) in [6.07, 6.45) is -0.774. The highest BCUT2D eigenvalue weighted by Crippen LogP contribution is 2.25. The molecule has 2 rings (SSSR count). The third kappa shape index (κ3) is 2.83. The molecule has 0 unspecified atom stereocenters. The van der Waals surface area contributed by atoms with Crippen LogP contribution in [0.1, 0.15) is 39.4 Å². The molecule has 4 nitrogen and oxygen atoms in total. The van der Waals surface area contributed by atoms with E-state index in [0.717, 1.165) is 0 Å². The third-order valence-electron chi connectivity index (χ3n) is 4.12. The lowest BCUT2D eigenvalue weighted by atomic mass is 9.90. The van der Waals surface area contributed by atoms with Gasteiger partial charge in [-0.2, -0.15) is 9.49 Å². The van der Waals surface area contributed by atoms with Crippen molar-refractivity contribution in [2.45, 2.75) is 39.3 Å². The second kappa shape index (κ2) is 5.50. The van der Waals surface area contributed by atoms with E-state index in [-0.39, 0.29) is 5.54 Å². The van der Waals surface area contributed by atoms with Crippen LogP contribution in [0.25, 0.3) is 10.9 Å². The molecule has 0 saturated heterocycles. The number of aliphatic hydroxyl groups excluding tert-OH is 1. The second-order valence-electron chi connectivity index (χ2n) is 6.05. The predicted octanol–water partition coefficient (Wildman–Crippen LogP) is 2.76. The van der Waals surface area contributed by atoms with Gasteiger partial charge < -0.3 is 10.4 Å². The number of nitrogens with one attached hydrogen (secondary N) is 2. The number of nitrogens with zero attached hydrogens (tertiary/aromatic N) is 1. The SMILES string of the molecule is CC(C)C(C)(C)NC[C@H](O)c1cccc2n[nH]c(F)c12. The van der Waals surface area contributed by atoms with Crippen molar-refractivity contribution in [1.82, 2.24) is 15.5 Å². The highest BCUT2D eigenvalue weighted by atomic mass is 19.1. The van der Waals surface area contributed by atoms with Crippen molar-refractivity contribution in [3.8, 4) is 0 Å². The third-order valence-corrected chi connectivity index (χ3v) is 4.12. The maximum absolute atomic E-state index is 13.7. The number of aromatic amines is 1. The van der Waals surface area contributed by atoms with Gasteiger partial charge in [-0.05, 0) is 31.4 Å². The standard InChI is InChI=1S/C15H22FN3O/c1-9(2)15(3,4)17-8-12(20)10-6-5-7-11-13(10)14(16)19-18-11/h5-7,9,12,17,20H,8H2,1-4H3,(H,18,19)/t12-/m0/s1. The molecule has 1 aromatic heterocycles. The molecule has 0 aliphatic carbocycles. The Morgan fingerprint density at radius 3 is 2.75 bits per heavy atom. The highest BCUT2D eigenvalue weighted by Gasteiger charge is 2.24. The van der Waals surface area contributed by atoms with E-state index in [4.69, 9.17) is 0 Å². The number of fused-ring (bicyclic) bond motifs is 1. The molecule has 0 amide bonds. The van der Waals surface area contributed by atoms with E-state index in [1.165, 1.54) is 0 Å². The lowest BCUT2D eigenvalue weighted by molar-refractivity contribution is 0.152. The molecule has 5 heteroatoms. The van der Waals surface area contributed by atoms with Gasteiger partial charge in [0.25, 0.3) is 0 Å². The van der Waals surface area contributed by atoms with Crippen LogP contribution in [-0.4, -0.2) is 27.4 Å². The molecule has 1 aromatic carbocycles. The second-order valence-corrected chi connectivity index (χ2v) is 6.05. The van der Waals surface area contributed by atoms with Gasteiger partial charge in [-0.25, -0.2) is 0 Å². The van der Waals surface area contributed by atoms with Crippen LogP contribution in [0.2, 0.25) is 0 Å².